The summed E-state index contributed by atoms with van der Waals surface area (Å²) in [4.78, 5) is 12.1. The molecule has 0 fully saturated rings. The molecule has 0 aliphatic heterocycles. The third-order valence-corrected chi connectivity index (χ3v) is 3.34. The third kappa shape index (κ3) is 4.27. The summed E-state index contributed by atoms with van der Waals surface area (Å²) >= 11 is 3.23. The minimum Gasteiger partial charge on any atom is -0.492 e. The highest BCUT2D eigenvalue weighted by molar-refractivity contribution is 9.10. The Hall–Kier alpha value is -1.92. The molecule has 110 valence electrons. The molecule has 1 amide bonds. The molecule has 0 heterocycles. The highest BCUT2D eigenvalue weighted by Gasteiger charge is 2.11. The van der Waals surface area contributed by atoms with Gasteiger partial charge in [-0.3, -0.25) is 4.79 Å². The predicted octanol–water partition coefficient (Wildman–Crippen LogP) is 3.18. The van der Waals surface area contributed by atoms with Crippen molar-refractivity contribution in [1.82, 2.24) is 0 Å². The number of hydrogen-bond donors (Lipinski definition) is 2. The summed E-state index contributed by atoms with van der Waals surface area (Å²) in [5, 5.41) is 2.70. The first-order chi connectivity index (χ1) is 10.1. The second-order valence-corrected chi connectivity index (χ2v) is 5.10. The second-order valence-electron chi connectivity index (χ2n) is 4.24. The van der Waals surface area contributed by atoms with E-state index in [1.54, 1.807) is 24.3 Å². The summed E-state index contributed by atoms with van der Waals surface area (Å²) in [6.07, 6.45) is 0. The van der Waals surface area contributed by atoms with E-state index in [2.05, 4.69) is 21.2 Å². The molecule has 21 heavy (non-hydrogen) atoms. The van der Waals surface area contributed by atoms with E-state index in [-0.39, 0.29) is 5.56 Å². The van der Waals surface area contributed by atoms with Crippen molar-refractivity contribution in [3.63, 3.8) is 0 Å². The number of halogens is 2. The smallest absolute Gasteiger partial charge is 0.256 e. The minimum atomic E-state index is -0.469. The molecule has 0 aliphatic rings. The zero-order valence-corrected chi connectivity index (χ0v) is 12.7. The molecule has 0 spiro atoms. The van der Waals surface area contributed by atoms with Gasteiger partial charge in [0.15, 0.2) is 0 Å². The highest BCUT2D eigenvalue weighted by Crippen LogP contribution is 2.21. The molecule has 0 saturated heterocycles. The number of nitrogens with two attached hydrogens (primary N) is 1. The Bertz CT molecular complexity index is 649. The zero-order valence-electron chi connectivity index (χ0n) is 11.1. The van der Waals surface area contributed by atoms with Crippen LogP contribution < -0.4 is 15.8 Å². The average Bonchev–Trinajstić information content (AvgIpc) is 2.48. The number of ether oxygens (including phenoxy) is 1. The van der Waals surface area contributed by atoms with Crippen LogP contribution in [0.4, 0.5) is 10.1 Å². The summed E-state index contributed by atoms with van der Waals surface area (Å²) in [6.45, 7) is 0.805. The molecular formula is C15H14BrFN2O2. The Kier molecular flexibility index (Phi) is 5.30. The number of carbonyl (C=O) groups is 1. The van der Waals surface area contributed by atoms with Gasteiger partial charge in [-0.05, 0) is 46.3 Å². The van der Waals surface area contributed by atoms with Gasteiger partial charge in [0.1, 0.15) is 18.2 Å². The molecule has 2 aromatic rings. The van der Waals surface area contributed by atoms with Crippen LogP contribution in [0, 0.1) is 5.82 Å². The van der Waals surface area contributed by atoms with E-state index in [0.717, 1.165) is 0 Å². The van der Waals surface area contributed by atoms with E-state index in [9.17, 15) is 9.18 Å². The Morgan fingerprint density at radius 3 is 2.86 bits per heavy atom. The normalized spacial score (nSPS) is 10.2. The molecule has 2 aromatic carbocycles. The van der Waals surface area contributed by atoms with Crippen LogP contribution in [0.2, 0.25) is 0 Å². The Balaban J connectivity index is 2.14. The summed E-state index contributed by atoms with van der Waals surface area (Å²) in [7, 11) is 0. The zero-order chi connectivity index (χ0) is 15.2. The fourth-order valence-corrected chi connectivity index (χ4v) is 2.14. The summed E-state index contributed by atoms with van der Waals surface area (Å²) < 4.78 is 19.1. The van der Waals surface area contributed by atoms with Crippen molar-refractivity contribution in [2.45, 2.75) is 0 Å². The van der Waals surface area contributed by atoms with Gasteiger partial charge in [-0.15, -0.1) is 0 Å². The van der Waals surface area contributed by atoms with E-state index in [1.807, 2.05) is 0 Å². The standard InChI is InChI=1S/C15H14BrFN2O2/c16-14-5-4-10(17)8-13(14)15(20)19-11-2-1-3-12(9-11)21-7-6-18/h1-5,8-9H,6-7,18H2,(H,19,20). The van der Waals surface area contributed by atoms with Crippen molar-refractivity contribution in [3.8, 4) is 5.75 Å². The number of anilines is 1. The van der Waals surface area contributed by atoms with Crippen molar-refractivity contribution < 1.29 is 13.9 Å². The van der Waals surface area contributed by atoms with Crippen LogP contribution in [0.25, 0.3) is 0 Å². The lowest BCUT2D eigenvalue weighted by Crippen LogP contribution is -2.13. The largest absolute Gasteiger partial charge is 0.492 e. The first-order valence-corrected chi connectivity index (χ1v) is 7.09. The van der Waals surface area contributed by atoms with Crippen LogP contribution in [0.1, 0.15) is 10.4 Å². The number of carbonyl (C=O) groups excluding carboxylic acids is 1. The molecular weight excluding hydrogens is 339 g/mol. The number of nitrogens with one attached hydrogen (secondary N) is 1. The lowest BCUT2D eigenvalue weighted by Gasteiger charge is -2.09. The van der Waals surface area contributed by atoms with Crippen LogP contribution in [0.3, 0.4) is 0 Å². The SMILES string of the molecule is NCCOc1cccc(NC(=O)c2cc(F)ccc2Br)c1. The topological polar surface area (TPSA) is 64.3 Å². The number of hydrogen-bond acceptors (Lipinski definition) is 3. The molecule has 0 bridgehead atoms. The molecule has 0 aliphatic carbocycles. The van der Waals surface area contributed by atoms with E-state index in [4.69, 9.17) is 10.5 Å². The first-order valence-electron chi connectivity index (χ1n) is 6.29. The quantitative estimate of drug-likeness (QED) is 0.868. The van der Waals surface area contributed by atoms with Crippen molar-refractivity contribution in [1.29, 1.82) is 0 Å². The van der Waals surface area contributed by atoms with Gasteiger partial charge >= 0.3 is 0 Å². The fourth-order valence-electron chi connectivity index (χ4n) is 1.71. The Morgan fingerprint density at radius 1 is 1.29 bits per heavy atom. The lowest BCUT2D eigenvalue weighted by molar-refractivity contribution is 0.102. The monoisotopic (exact) mass is 352 g/mol. The van der Waals surface area contributed by atoms with Crippen LogP contribution in [0.15, 0.2) is 46.9 Å². The van der Waals surface area contributed by atoms with Crippen LogP contribution in [-0.4, -0.2) is 19.1 Å². The van der Waals surface area contributed by atoms with Gasteiger partial charge in [0.25, 0.3) is 5.91 Å². The summed E-state index contributed by atoms with van der Waals surface area (Å²) in [5.74, 6) is -0.266. The van der Waals surface area contributed by atoms with Crippen LogP contribution >= 0.6 is 15.9 Å². The molecule has 0 unspecified atom stereocenters. The maximum Gasteiger partial charge on any atom is 0.256 e. The molecule has 0 atom stereocenters. The third-order valence-electron chi connectivity index (χ3n) is 2.65. The van der Waals surface area contributed by atoms with E-state index in [0.29, 0.717) is 29.1 Å². The average molecular weight is 353 g/mol. The van der Waals surface area contributed by atoms with Gasteiger partial charge < -0.3 is 15.8 Å². The van der Waals surface area contributed by atoms with Crippen molar-refractivity contribution in [2.75, 3.05) is 18.5 Å². The van der Waals surface area contributed by atoms with Gasteiger partial charge in [-0.25, -0.2) is 4.39 Å². The van der Waals surface area contributed by atoms with Crippen molar-refractivity contribution in [3.05, 3.63) is 58.3 Å². The molecule has 3 N–H and O–H groups in total. The number of rotatable bonds is 5. The van der Waals surface area contributed by atoms with Gasteiger partial charge in [0.2, 0.25) is 0 Å². The maximum atomic E-state index is 13.2. The number of benzene rings is 2. The van der Waals surface area contributed by atoms with Gasteiger partial charge in [-0.2, -0.15) is 0 Å². The van der Waals surface area contributed by atoms with Gasteiger partial charge in [0.05, 0.1) is 5.56 Å². The fraction of sp³-hybridized carbons (Fsp3) is 0.133. The summed E-state index contributed by atoms with van der Waals surface area (Å²) in [6, 6.07) is 10.9. The van der Waals surface area contributed by atoms with Crippen molar-refractivity contribution in [2.24, 2.45) is 5.73 Å². The van der Waals surface area contributed by atoms with Crippen LogP contribution in [0.5, 0.6) is 5.75 Å². The maximum absolute atomic E-state index is 13.2. The highest BCUT2D eigenvalue weighted by atomic mass is 79.9. The van der Waals surface area contributed by atoms with Crippen molar-refractivity contribution >= 4 is 27.5 Å². The number of amides is 1. The lowest BCUT2D eigenvalue weighted by atomic mass is 10.2. The molecule has 2 rings (SSSR count). The Morgan fingerprint density at radius 2 is 2.10 bits per heavy atom. The minimum absolute atomic E-state index is 0.225. The molecule has 4 nitrogen and oxygen atoms in total. The van der Waals surface area contributed by atoms with Gasteiger partial charge in [-0.1, -0.05) is 6.07 Å². The van der Waals surface area contributed by atoms with E-state index < -0.39 is 11.7 Å². The molecule has 6 heteroatoms. The molecule has 0 radical (unpaired) electrons. The van der Waals surface area contributed by atoms with Crippen LogP contribution in [-0.2, 0) is 0 Å². The molecule has 0 saturated carbocycles. The first kappa shape index (κ1) is 15.5. The van der Waals surface area contributed by atoms with E-state index in [1.165, 1.54) is 18.2 Å². The second kappa shape index (κ2) is 7.19. The summed E-state index contributed by atoms with van der Waals surface area (Å²) in [5.41, 5.74) is 6.15. The molecule has 0 aromatic heterocycles. The van der Waals surface area contributed by atoms with Gasteiger partial charge in [0, 0.05) is 22.8 Å². The van der Waals surface area contributed by atoms with E-state index >= 15 is 0 Å². The predicted molar refractivity (Wildman–Crippen MR) is 83.0 cm³/mol. The Labute approximate surface area is 130 Å².